The third-order valence-electron chi connectivity index (χ3n) is 6.56. The lowest BCUT2D eigenvalue weighted by molar-refractivity contribution is 0.355. The zero-order valence-corrected chi connectivity index (χ0v) is 20.7. The topological polar surface area (TPSA) is 66.1 Å². The summed E-state index contributed by atoms with van der Waals surface area (Å²) in [4.78, 5) is 0. The molecule has 0 saturated heterocycles. The number of aromatic nitrogens is 4. The average Bonchev–Trinajstić information content (AvgIpc) is 3.52. The quantitative estimate of drug-likeness (QED) is 0.336. The molecule has 3 heterocycles. The summed E-state index contributed by atoms with van der Waals surface area (Å²) >= 11 is 0. The molecule has 1 aliphatic rings. The Hall–Kier alpha value is -4.52. The fraction of sp³-hybridized carbons (Fsp3) is 0.172. The van der Waals surface area contributed by atoms with Crippen LogP contribution in [0.15, 0.2) is 79.0 Å². The summed E-state index contributed by atoms with van der Waals surface area (Å²) in [6.45, 7) is 4.14. The van der Waals surface area contributed by atoms with Gasteiger partial charge in [0, 0.05) is 28.6 Å². The molecule has 36 heavy (non-hydrogen) atoms. The van der Waals surface area contributed by atoms with E-state index in [2.05, 4.69) is 47.4 Å². The van der Waals surface area contributed by atoms with Crippen molar-refractivity contribution in [1.82, 2.24) is 19.6 Å². The summed E-state index contributed by atoms with van der Waals surface area (Å²) in [5.41, 5.74) is 9.23. The van der Waals surface area contributed by atoms with Crippen LogP contribution in [-0.4, -0.2) is 33.8 Å². The van der Waals surface area contributed by atoms with Gasteiger partial charge in [0.05, 0.1) is 31.3 Å². The van der Waals surface area contributed by atoms with Gasteiger partial charge in [-0.15, -0.1) is 0 Å². The monoisotopic (exact) mass is 477 g/mol. The number of anilines is 1. The molecule has 3 aromatic carbocycles. The van der Waals surface area contributed by atoms with E-state index in [1.165, 1.54) is 5.56 Å². The number of nitrogens with one attached hydrogen (secondary N) is 1. The number of hydrogen-bond donors (Lipinski definition) is 1. The fourth-order valence-electron chi connectivity index (χ4n) is 4.84. The van der Waals surface area contributed by atoms with Gasteiger partial charge >= 0.3 is 0 Å². The van der Waals surface area contributed by atoms with Crippen LogP contribution in [0.4, 0.5) is 5.69 Å². The molecule has 0 saturated carbocycles. The minimum absolute atomic E-state index is 0.246. The minimum Gasteiger partial charge on any atom is -0.493 e. The highest BCUT2D eigenvalue weighted by Crippen LogP contribution is 2.42. The van der Waals surface area contributed by atoms with Crippen LogP contribution in [0.1, 0.15) is 23.0 Å². The molecular formula is C29H27N5O2. The number of ether oxygens (including phenoxy) is 2. The van der Waals surface area contributed by atoms with Crippen LogP contribution in [0.5, 0.6) is 11.5 Å². The Bertz CT molecular complexity index is 1570. The summed E-state index contributed by atoms with van der Waals surface area (Å²) in [6, 6.07) is 24.6. The molecule has 1 N–H and O–H groups in total. The molecule has 0 spiro atoms. The first-order chi connectivity index (χ1) is 17.6. The molecule has 0 bridgehead atoms. The molecule has 1 atom stereocenters. The molecule has 2 aromatic heterocycles. The highest BCUT2D eigenvalue weighted by atomic mass is 16.5. The molecule has 7 nitrogen and oxygen atoms in total. The van der Waals surface area contributed by atoms with Crippen molar-refractivity contribution in [2.24, 2.45) is 0 Å². The van der Waals surface area contributed by atoms with Gasteiger partial charge in [0.15, 0.2) is 17.7 Å². The lowest BCUT2D eigenvalue weighted by atomic mass is 10.0. The maximum Gasteiger partial charge on any atom is 0.161 e. The van der Waals surface area contributed by atoms with Crippen molar-refractivity contribution >= 4 is 5.69 Å². The number of benzene rings is 3. The number of fused-ring (bicyclic) bond motifs is 3. The molecule has 0 unspecified atom stereocenters. The fourth-order valence-corrected chi connectivity index (χ4v) is 4.84. The first-order valence-electron chi connectivity index (χ1n) is 11.9. The number of methoxy groups -OCH3 is 2. The van der Waals surface area contributed by atoms with Crippen LogP contribution in [0.3, 0.4) is 0 Å². The number of hydrogen-bond acceptors (Lipinski definition) is 5. The lowest BCUT2D eigenvalue weighted by Crippen LogP contribution is -2.26. The second-order valence-electron chi connectivity index (χ2n) is 8.99. The summed E-state index contributed by atoms with van der Waals surface area (Å²) < 4.78 is 15.1. The van der Waals surface area contributed by atoms with E-state index in [1.807, 2.05) is 60.1 Å². The zero-order valence-electron chi connectivity index (χ0n) is 20.7. The molecule has 5 aromatic rings. The second kappa shape index (κ2) is 8.61. The van der Waals surface area contributed by atoms with Gasteiger partial charge < -0.3 is 14.8 Å². The predicted octanol–water partition coefficient (Wildman–Crippen LogP) is 6.01. The van der Waals surface area contributed by atoms with Crippen molar-refractivity contribution < 1.29 is 9.47 Å². The number of para-hydroxylation sites is 1. The van der Waals surface area contributed by atoms with Gasteiger partial charge in [-0.3, -0.25) is 0 Å². The lowest BCUT2D eigenvalue weighted by Gasteiger charge is -2.29. The van der Waals surface area contributed by atoms with Crippen LogP contribution in [-0.2, 0) is 0 Å². The van der Waals surface area contributed by atoms with E-state index in [0.717, 1.165) is 45.1 Å². The molecule has 180 valence electrons. The Kier molecular flexibility index (Phi) is 5.25. The van der Waals surface area contributed by atoms with Crippen molar-refractivity contribution in [1.29, 1.82) is 0 Å². The van der Waals surface area contributed by atoms with Gasteiger partial charge in [0.2, 0.25) is 0 Å². The van der Waals surface area contributed by atoms with Crippen molar-refractivity contribution in [3.05, 3.63) is 95.8 Å². The van der Waals surface area contributed by atoms with Gasteiger partial charge in [-0.1, -0.05) is 29.8 Å². The predicted molar refractivity (Wildman–Crippen MR) is 141 cm³/mol. The summed E-state index contributed by atoms with van der Waals surface area (Å²) in [6.07, 6.45) is 1.84. The van der Waals surface area contributed by atoms with E-state index in [0.29, 0.717) is 11.5 Å². The van der Waals surface area contributed by atoms with Crippen molar-refractivity contribution in [3.8, 4) is 39.7 Å². The van der Waals surface area contributed by atoms with Crippen molar-refractivity contribution in [2.45, 2.75) is 20.0 Å². The number of rotatable bonds is 5. The van der Waals surface area contributed by atoms with Gasteiger partial charge in [-0.2, -0.15) is 10.2 Å². The van der Waals surface area contributed by atoms with Crippen LogP contribution in [0.25, 0.3) is 28.2 Å². The third kappa shape index (κ3) is 3.60. The van der Waals surface area contributed by atoms with Crippen molar-refractivity contribution in [2.75, 3.05) is 19.5 Å². The SMILES string of the molecule is COc1ccc(-c2nn(-c3ccccc3)cc2[C@@H]2Nc3ccc(C)cc3-c3cc(C)nn32)cc1OC. The Morgan fingerprint density at radius 1 is 0.833 bits per heavy atom. The normalized spacial score (nSPS) is 14.1. The maximum absolute atomic E-state index is 5.60. The van der Waals surface area contributed by atoms with E-state index in [1.54, 1.807) is 14.2 Å². The number of nitrogens with zero attached hydrogens (tertiary/aromatic N) is 4. The van der Waals surface area contributed by atoms with Gasteiger partial charge in [0.25, 0.3) is 0 Å². The Labute approximate surface area is 209 Å². The van der Waals surface area contributed by atoms with Crippen molar-refractivity contribution in [3.63, 3.8) is 0 Å². The molecule has 0 aliphatic carbocycles. The summed E-state index contributed by atoms with van der Waals surface area (Å²) in [5, 5.41) is 13.7. The first-order valence-corrected chi connectivity index (χ1v) is 11.9. The van der Waals surface area contributed by atoms with Crippen LogP contribution in [0, 0.1) is 13.8 Å². The largest absolute Gasteiger partial charge is 0.493 e. The molecular weight excluding hydrogens is 450 g/mol. The van der Waals surface area contributed by atoms with E-state index in [4.69, 9.17) is 19.7 Å². The molecule has 1 aliphatic heterocycles. The minimum atomic E-state index is -0.246. The molecule has 7 heteroatoms. The first kappa shape index (κ1) is 22.0. The Balaban J connectivity index is 1.56. The Morgan fingerprint density at radius 2 is 1.64 bits per heavy atom. The zero-order chi connectivity index (χ0) is 24.8. The average molecular weight is 478 g/mol. The summed E-state index contributed by atoms with van der Waals surface area (Å²) in [5.74, 6) is 1.33. The van der Waals surface area contributed by atoms with Gasteiger partial charge in [-0.05, 0) is 62.4 Å². The molecule has 6 rings (SSSR count). The van der Waals surface area contributed by atoms with Gasteiger partial charge in [-0.25, -0.2) is 9.36 Å². The third-order valence-corrected chi connectivity index (χ3v) is 6.56. The number of aryl methyl sites for hydroxylation is 2. The molecule has 0 fully saturated rings. The van der Waals surface area contributed by atoms with E-state index >= 15 is 0 Å². The highest BCUT2D eigenvalue weighted by molar-refractivity contribution is 5.80. The van der Waals surface area contributed by atoms with Crippen LogP contribution >= 0.6 is 0 Å². The van der Waals surface area contributed by atoms with Gasteiger partial charge in [0.1, 0.15) is 5.69 Å². The maximum atomic E-state index is 5.60. The summed E-state index contributed by atoms with van der Waals surface area (Å²) in [7, 11) is 3.28. The standard InChI is InChI=1S/C29H27N5O2/c1-18-10-12-24-22(14-18)25-15-19(2)31-34(25)29(30-24)23-17-33(21-8-6-5-7-9-21)32-28(23)20-11-13-26(35-3)27(16-20)36-4/h5-17,29-30H,1-4H3/t29-/m1/s1. The molecule has 0 radical (unpaired) electrons. The highest BCUT2D eigenvalue weighted by Gasteiger charge is 2.30. The van der Waals surface area contributed by atoms with E-state index < -0.39 is 0 Å². The smallest absolute Gasteiger partial charge is 0.161 e. The Morgan fingerprint density at radius 3 is 2.42 bits per heavy atom. The molecule has 0 amide bonds. The van der Waals surface area contributed by atoms with E-state index in [-0.39, 0.29) is 6.17 Å². The van der Waals surface area contributed by atoms with E-state index in [9.17, 15) is 0 Å². The van der Waals surface area contributed by atoms with Crippen LogP contribution in [0.2, 0.25) is 0 Å². The second-order valence-corrected chi connectivity index (χ2v) is 8.99. The van der Waals surface area contributed by atoms with Crippen LogP contribution < -0.4 is 14.8 Å².